The third-order valence-corrected chi connectivity index (χ3v) is 5.15. The van der Waals surface area contributed by atoms with E-state index in [1.54, 1.807) is 15.4 Å². The number of imidazole rings is 1. The number of hydrogen-bond donors (Lipinski definition) is 1. The van der Waals surface area contributed by atoms with Crippen molar-refractivity contribution in [2.45, 2.75) is 53.2 Å². The van der Waals surface area contributed by atoms with Gasteiger partial charge in [-0.05, 0) is 37.5 Å². The van der Waals surface area contributed by atoms with Gasteiger partial charge < -0.3 is 4.98 Å². The molecule has 0 amide bonds. The van der Waals surface area contributed by atoms with Gasteiger partial charge in [-0.15, -0.1) is 0 Å². The molecule has 164 valence electrons. The summed E-state index contributed by atoms with van der Waals surface area (Å²) >= 11 is 0. The fraction of sp³-hybridized carbons (Fsp3) is 0.333. The number of benzene rings is 1. The zero-order chi connectivity index (χ0) is 22.7. The zero-order valence-electron chi connectivity index (χ0n) is 18.6. The van der Waals surface area contributed by atoms with Gasteiger partial charge in [-0.3, -0.25) is 18.6 Å². The second-order valence-corrected chi connectivity index (χ2v) is 7.77. The molecule has 4 aromatic rings. The van der Waals surface area contributed by atoms with Crippen molar-refractivity contribution in [3.05, 3.63) is 68.6 Å². The first kappa shape index (κ1) is 21.4. The third-order valence-electron chi connectivity index (χ3n) is 5.15. The van der Waals surface area contributed by atoms with Crippen LogP contribution in [0.3, 0.4) is 0 Å². The lowest BCUT2D eigenvalue weighted by Crippen LogP contribution is -2.40. The van der Waals surface area contributed by atoms with Gasteiger partial charge in [-0.25, -0.2) is 9.78 Å². The Bertz CT molecular complexity index is 1440. The average Bonchev–Trinajstić information content (AvgIpc) is 3.42. The molecule has 0 aliphatic heterocycles. The lowest BCUT2D eigenvalue weighted by molar-refractivity contribution is 0.555. The second-order valence-electron chi connectivity index (χ2n) is 7.77. The predicted octanol–water partition coefficient (Wildman–Crippen LogP) is 2.93. The number of aromatic amines is 1. The maximum absolute atomic E-state index is 12.9. The van der Waals surface area contributed by atoms with Gasteiger partial charge in [-0.1, -0.05) is 37.8 Å². The quantitative estimate of drug-likeness (QED) is 0.476. The van der Waals surface area contributed by atoms with Crippen LogP contribution in [0, 0.1) is 18.8 Å². The molecule has 3 heterocycles. The minimum absolute atomic E-state index is 0.314. The minimum Gasteiger partial charge on any atom is -0.332 e. The molecule has 32 heavy (non-hydrogen) atoms. The highest BCUT2D eigenvalue weighted by Gasteiger charge is 2.17. The summed E-state index contributed by atoms with van der Waals surface area (Å²) in [7, 11) is 0. The van der Waals surface area contributed by atoms with Crippen LogP contribution in [-0.4, -0.2) is 28.9 Å². The fourth-order valence-electron chi connectivity index (χ4n) is 3.67. The molecule has 3 aromatic heterocycles. The van der Waals surface area contributed by atoms with E-state index in [-0.39, 0.29) is 11.2 Å². The maximum Gasteiger partial charge on any atom is 0.332 e. The Labute approximate surface area is 185 Å². The van der Waals surface area contributed by atoms with Crippen molar-refractivity contribution in [2.24, 2.45) is 0 Å². The Balaban J connectivity index is 1.67. The van der Waals surface area contributed by atoms with Crippen molar-refractivity contribution in [3.63, 3.8) is 0 Å². The Kier molecular flexibility index (Phi) is 6.08. The highest BCUT2D eigenvalue weighted by atomic mass is 16.2. The molecule has 4 rings (SSSR count). The highest BCUT2D eigenvalue weighted by Crippen LogP contribution is 2.18. The van der Waals surface area contributed by atoms with E-state index < -0.39 is 0 Å². The number of rotatable bonds is 6. The summed E-state index contributed by atoms with van der Waals surface area (Å²) in [5.41, 5.74) is 2.94. The van der Waals surface area contributed by atoms with Crippen LogP contribution in [0.1, 0.15) is 37.8 Å². The van der Waals surface area contributed by atoms with Crippen molar-refractivity contribution in [3.8, 4) is 23.2 Å². The predicted molar refractivity (Wildman–Crippen MR) is 124 cm³/mol. The maximum atomic E-state index is 12.9. The van der Waals surface area contributed by atoms with Crippen LogP contribution in [0.4, 0.5) is 0 Å². The lowest BCUT2D eigenvalue weighted by atomic mass is 10.1. The molecule has 8 nitrogen and oxygen atoms in total. The van der Waals surface area contributed by atoms with E-state index in [2.05, 4.69) is 26.9 Å². The van der Waals surface area contributed by atoms with Crippen LogP contribution in [0.2, 0.25) is 0 Å². The molecule has 0 atom stereocenters. The van der Waals surface area contributed by atoms with Gasteiger partial charge in [-0.2, -0.15) is 5.10 Å². The third kappa shape index (κ3) is 4.14. The molecule has 0 bridgehead atoms. The van der Waals surface area contributed by atoms with Crippen LogP contribution in [0.15, 0.2) is 46.2 Å². The summed E-state index contributed by atoms with van der Waals surface area (Å²) in [5.74, 6) is 6.77. The van der Waals surface area contributed by atoms with Gasteiger partial charge in [0.05, 0.1) is 11.8 Å². The number of hydrogen-bond acceptors (Lipinski definition) is 4. The van der Waals surface area contributed by atoms with E-state index in [9.17, 15) is 9.59 Å². The lowest BCUT2D eigenvalue weighted by Gasteiger charge is -2.09. The van der Waals surface area contributed by atoms with Gasteiger partial charge >= 0.3 is 5.69 Å². The molecule has 0 saturated heterocycles. The number of aryl methyl sites for hydroxylation is 2. The summed E-state index contributed by atoms with van der Waals surface area (Å²) in [4.78, 5) is 33.4. The normalized spacial score (nSPS) is 11.0. The Morgan fingerprint density at radius 3 is 2.62 bits per heavy atom. The molecule has 0 unspecified atom stereocenters. The first-order chi connectivity index (χ1) is 15.5. The minimum atomic E-state index is -0.339. The molecule has 0 aliphatic rings. The average molecular weight is 431 g/mol. The SMILES string of the molecule is CCCn1c(=O)c2[nH]c(-c3cnn(CC#Cc4cccc(C)c4)c3)nc2n(CCC)c1=O. The number of fused-ring (bicyclic) bond motifs is 1. The summed E-state index contributed by atoms with van der Waals surface area (Å²) < 4.78 is 4.58. The Hall–Kier alpha value is -3.86. The summed E-state index contributed by atoms with van der Waals surface area (Å²) in [6.45, 7) is 7.27. The molecule has 0 radical (unpaired) electrons. The fourth-order valence-corrected chi connectivity index (χ4v) is 3.67. The van der Waals surface area contributed by atoms with E-state index in [4.69, 9.17) is 0 Å². The van der Waals surface area contributed by atoms with Gasteiger partial charge in [0.25, 0.3) is 5.56 Å². The van der Waals surface area contributed by atoms with E-state index in [1.165, 1.54) is 10.1 Å². The van der Waals surface area contributed by atoms with Crippen LogP contribution < -0.4 is 11.2 Å². The molecule has 0 aliphatic carbocycles. The van der Waals surface area contributed by atoms with Crippen molar-refractivity contribution >= 4 is 11.2 Å². The van der Waals surface area contributed by atoms with E-state index in [0.717, 1.165) is 17.5 Å². The summed E-state index contributed by atoms with van der Waals surface area (Å²) in [5, 5.41) is 4.36. The number of H-pyrrole nitrogens is 1. The second kappa shape index (κ2) is 9.10. The zero-order valence-corrected chi connectivity index (χ0v) is 18.6. The van der Waals surface area contributed by atoms with Gasteiger partial charge in [0.1, 0.15) is 17.9 Å². The van der Waals surface area contributed by atoms with Crippen LogP contribution >= 0.6 is 0 Å². The van der Waals surface area contributed by atoms with Crippen molar-refractivity contribution in [1.29, 1.82) is 0 Å². The first-order valence-electron chi connectivity index (χ1n) is 10.8. The van der Waals surface area contributed by atoms with E-state index in [0.29, 0.717) is 43.0 Å². The van der Waals surface area contributed by atoms with Crippen molar-refractivity contribution in [1.82, 2.24) is 28.9 Å². The van der Waals surface area contributed by atoms with Crippen LogP contribution in [0.5, 0.6) is 0 Å². The highest BCUT2D eigenvalue weighted by molar-refractivity contribution is 5.75. The van der Waals surface area contributed by atoms with E-state index in [1.807, 2.05) is 51.2 Å². The number of nitrogens with one attached hydrogen (secondary N) is 1. The molecule has 0 spiro atoms. The smallest absolute Gasteiger partial charge is 0.332 e. The standard InChI is InChI=1S/C24H26N6O2/c1-4-11-29-22-20(23(31)30(12-5-2)24(29)32)26-21(27-22)19-15-25-28(16-19)13-7-10-18-9-6-8-17(3)14-18/h6,8-9,14-16H,4-5,11-13H2,1-3H3,(H,26,27). The molecule has 1 aromatic carbocycles. The van der Waals surface area contributed by atoms with Crippen LogP contribution in [0.25, 0.3) is 22.6 Å². The summed E-state index contributed by atoms with van der Waals surface area (Å²) in [6, 6.07) is 8.04. The Morgan fingerprint density at radius 1 is 1.09 bits per heavy atom. The topological polar surface area (TPSA) is 90.5 Å². The molecular weight excluding hydrogens is 404 g/mol. The largest absolute Gasteiger partial charge is 0.332 e. The van der Waals surface area contributed by atoms with Crippen LogP contribution in [-0.2, 0) is 19.6 Å². The number of aromatic nitrogens is 6. The monoisotopic (exact) mass is 430 g/mol. The van der Waals surface area contributed by atoms with Crippen molar-refractivity contribution < 1.29 is 0 Å². The first-order valence-corrected chi connectivity index (χ1v) is 10.8. The summed E-state index contributed by atoms with van der Waals surface area (Å²) in [6.07, 6.45) is 4.97. The molecule has 0 fully saturated rings. The molecule has 1 N–H and O–H groups in total. The van der Waals surface area contributed by atoms with Gasteiger partial charge in [0, 0.05) is 24.8 Å². The van der Waals surface area contributed by atoms with Gasteiger partial charge in [0.2, 0.25) is 0 Å². The molecule has 8 heteroatoms. The van der Waals surface area contributed by atoms with E-state index >= 15 is 0 Å². The molecule has 0 saturated carbocycles. The Morgan fingerprint density at radius 2 is 1.88 bits per heavy atom. The van der Waals surface area contributed by atoms with Crippen molar-refractivity contribution in [2.75, 3.05) is 0 Å². The van der Waals surface area contributed by atoms with Gasteiger partial charge in [0.15, 0.2) is 5.65 Å². The number of nitrogens with zero attached hydrogens (tertiary/aromatic N) is 5. The molecular formula is C24H26N6O2.